The molecule has 104 valence electrons. The first-order valence-corrected chi connectivity index (χ1v) is 7.15. The van der Waals surface area contributed by atoms with Gasteiger partial charge in [-0.2, -0.15) is 0 Å². The largest absolute Gasteiger partial charge is 0.362 e. The second-order valence-electron chi connectivity index (χ2n) is 4.39. The van der Waals surface area contributed by atoms with E-state index in [1.54, 1.807) is 18.3 Å². The van der Waals surface area contributed by atoms with Gasteiger partial charge in [0.2, 0.25) is 0 Å². The van der Waals surface area contributed by atoms with Crippen LogP contribution in [0.1, 0.15) is 11.1 Å². The van der Waals surface area contributed by atoms with Crippen molar-refractivity contribution in [2.75, 3.05) is 11.9 Å². The average molecular weight is 306 g/mol. The third kappa shape index (κ3) is 4.18. The monoisotopic (exact) mass is 305 g/mol. The molecule has 0 unspecified atom stereocenters. The van der Waals surface area contributed by atoms with Gasteiger partial charge in [0.25, 0.3) is 0 Å². The van der Waals surface area contributed by atoms with E-state index in [0.29, 0.717) is 16.0 Å². The lowest BCUT2D eigenvalue weighted by molar-refractivity contribution is 0.867. The van der Waals surface area contributed by atoms with Gasteiger partial charge in [-0.25, -0.2) is 4.98 Å². The molecular formula is C15H16ClN3S. The summed E-state index contributed by atoms with van der Waals surface area (Å²) in [5.74, 6) is 0.572. The Balaban J connectivity index is 1.82. The fraction of sp³-hybridized carbons (Fsp3) is 0.200. The lowest BCUT2D eigenvalue weighted by atomic mass is 10.1. The van der Waals surface area contributed by atoms with Crippen LogP contribution >= 0.6 is 23.8 Å². The van der Waals surface area contributed by atoms with Gasteiger partial charge in [0, 0.05) is 12.7 Å². The molecule has 2 aromatic rings. The van der Waals surface area contributed by atoms with E-state index in [2.05, 4.69) is 34.7 Å². The number of halogens is 1. The summed E-state index contributed by atoms with van der Waals surface area (Å²) in [5.41, 5.74) is 2.61. The number of rotatable bonds is 4. The molecule has 2 rings (SSSR count). The van der Waals surface area contributed by atoms with Crippen molar-refractivity contribution in [2.45, 2.75) is 13.3 Å². The summed E-state index contributed by atoms with van der Waals surface area (Å²) < 4.78 is 0. The van der Waals surface area contributed by atoms with Crippen molar-refractivity contribution in [2.24, 2.45) is 0 Å². The number of benzene rings is 1. The number of aromatic nitrogens is 1. The molecule has 0 bridgehead atoms. The normalized spacial score (nSPS) is 10.1. The number of anilines is 1. The highest BCUT2D eigenvalue weighted by atomic mass is 35.5. The highest BCUT2D eigenvalue weighted by Gasteiger charge is 2.03. The van der Waals surface area contributed by atoms with Crippen molar-refractivity contribution in [1.29, 1.82) is 0 Å². The van der Waals surface area contributed by atoms with Gasteiger partial charge in [-0.1, -0.05) is 35.9 Å². The Morgan fingerprint density at radius 1 is 1.25 bits per heavy atom. The van der Waals surface area contributed by atoms with Crippen molar-refractivity contribution in [3.8, 4) is 0 Å². The molecule has 0 aliphatic heterocycles. The molecule has 0 saturated heterocycles. The van der Waals surface area contributed by atoms with Crippen LogP contribution in [0.4, 0.5) is 5.82 Å². The SMILES string of the molecule is Cc1ccccc1CCNC(=S)Nc1ncccc1Cl. The van der Waals surface area contributed by atoms with Gasteiger partial charge in [0.15, 0.2) is 10.9 Å². The minimum absolute atomic E-state index is 0.527. The number of hydrogen-bond donors (Lipinski definition) is 2. The molecule has 0 atom stereocenters. The molecule has 0 fully saturated rings. The fourth-order valence-electron chi connectivity index (χ4n) is 1.83. The number of pyridine rings is 1. The molecule has 20 heavy (non-hydrogen) atoms. The van der Waals surface area contributed by atoms with Gasteiger partial charge >= 0.3 is 0 Å². The molecule has 3 nitrogen and oxygen atoms in total. The minimum Gasteiger partial charge on any atom is -0.362 e. The first-order valence-electron chi connectivity index (χ1n) is 6.36. The third-order valence-electron chi connectivity index (χ3n) is 2.93. The maximum Gasteiger partial charge on any atom is 0.171 e. The van der Waals surface area contributed by atoms with Crippen molar-refractivity contribution in [3.05, 3.63) is 58.7 Å². The summed E-state index contributed by atoms with van der Waals surface area (Å²) >= 11 is 11.2. The van der Waals surface area contributed by atoms with Gasteiger partial charge in [0.1, 0.15) is 0 Å². The number of nitrogens with one attached hydrogen (secondary N) is 2. The molecule has 0 aliphatic rings. The van der Waals surface area contributed by atoms with Crippen LogP contribution in [0, 0.1) is 6.92 Å². The Morgan fingerprint density at radius 2 is 2.05 bits per heavy atom. The van der Waals surface area contributed by atoms with E-state index in [1.807, 2.05) is 12.1 Å². The van der Waals surface area contributed by atoms with Crippen LogP contribution in [-0.2, 0) is 6.42 Å². The van der Waals surface area contributed by atoms with Crippen LogP contribution in [0.3, 0.4) is 0 Å². The van der Waals surface area contributed by atoms with Crippen molar-refractivity contribution in [3.63, 3.8) is 0 Å². The van der Waals surface area contributed by atoms with Gasteiger partial charge in [-0.3, -0.25) is 0 Å². The molecule has 2 N–H and O–H groups in total. The standard InChI is InChI=1S/C15H16ClN3S/c1-11-5-2-3-6-12(11)8-10-18-15(20)19-14-13(16)7-4-9-17-14/h2-7,9H,8,10H2,1H3,(H2,17,18,19,20). The lowest BCUT2D eigenvalue weighted by Gasteiger charge is -2.11. The van der Waals surface area contributed by atoms with E-state index in [0.717, 1.165) is 13.0 Å². The van der Waals surface area contributed by atoms with E-state index < -0.39 is 0 Å². The molecule has 0 aliphatic carbocycles. The average Bonchev–Trinajstić information content (AvgIpc) is 2.43. The highest BCUT2D eigenvalue weighted by molar-refractivity contribution is 7.80. The molecule has 0 spiro atoms. The van der Waals surface area contributed by atoms with Crippen molar-refractivity contribution < 1.29 is 0 Å². The Bertz CT molecular complexity index is 601. The molecule has 0 saturated carbocycles. The Morgan fingerprint density at radius 3 is 2.80 bits per heavy atom. The first-order chi connectivity index (χ1) is 9.66. The summed E-state index contributed by atoms with van der Waals surface area (Å²) in [6.45, 7) is 2.88. The predicted molar refractivity (Wildman–Crippen MR) is 88.4 cm³/mol. The van der Waals surface area contributed by atoms with E-state index in [9.17, 15) is 0 Å². The van der Waals surface area contributed by atoms with Gasteiger partial charge in [-0.15, -0.1) is 0 Å². The van der Waals surface area contributed by atoms with E-state index in [-0.39, 0.29) is 0 Å². The molecule has 1 heterocycles. The van der Waals surface area contributed by atoms with Gasteiger partial charge < -0.3 is 10.6 Å². The van der Waals surface area contributed by atoms with Crippen LogP contribution in [0.5, 0.6) is 0 Å². The second-order valence-corrected chi connectivity index (χ2v) is 5.21. The number of hydrogen-bond acceptors (Lipinski definition) is 2. The molecule has 5 heteroatoms. The smallest absolute Gasteiger partial charge is 0.171 e. The van der Waals surface area contributed by atoms with Crippen LogP contribution in [0.15, 0.2) is 42.6 Å². The third-order valence-corrected chi connectivity index (χ3v) is 3.48. The second kappa shape index (κ2) is 7.22. The van der Waals surface area contributed by atoms with Gasteiger partial charge in [-0.05, 0) is 48.8 Å². The maximum atomic E-state index is 6.01. The first kappa shape index (κ1) is 14.8. The molecule has 1 aromatic carbocycles. The van der Waals surface area contributed by atoms with Crippen LogP contribution in [0.25, 0.3) is 0 Å². The summed E-state index contributed by atoms with van der Waals surface area (Å²) in [6, 6.07) is 11.9. The lowest BCUT2D eigenvalue weighted by Crippen LogP contribution is -2.30. The Kier molecular flexibility index (Phi) is 5.32. The predicted octanol–water partition coefficient (Wildman–Crippen LogP) is 3.57. The number of thiocarbonyl (C=S) groups is 1. The van der Waals surface area contributed by atoms with Crippen LogP contribution < -0.4 is 10.6 Å². The summed E-state index contributed by atoms with van der Waals surface area (Å²) in [5, 5.41) is 7.22. The van der Waals surface area contributed by atoms with E-state index in [1.165, 1.54) is 11.1 Å². The van der Waals surface area contributed by atoms with Crippen LogP contribution in [-0.4, -0.2) is 16.6 Å². The number of aryl methyl sites for hydroxylation is 1. The highest BCUT2D eigenvalue weighted by Crippen LogP contribution is 2.16. The van der Waals surface area contributed by atoms with E-state index >= 15 is 0 Å². The van der Waals surface area contributed by atoms with E-state index in [4.69, 9.17) is 23.8 Å². The van der Waals surface area contributed by atoms with Gasteiger partial charge in [0.05, 0.1) is 5.02 Å². The van der Waals surface area contributed by atoms with Crippen molar-refractivity contribution >= 4 is 34.7 Å². The summed E-state index contributed by atoms with van der Waals surface area (Å²) in [4.78, 5) is 4.13. The zero-order valence-corrected chi connectivity index (χ0v) is 12.8. The Labute approximate surface area is 129 Å². The minimum atomic E-state index is 0.527. The maximum absolute atomic E-state index is 6.01. The van der Waals surface area contributed by atoms with Crippen LogP contribution in [0.2, 0.25) is 5.02 Å². The quantitative estimate of drug-likeness (QED) is 0.847. The zero-order chi connectivity index (χ0) is 14.4. The molecule has 0 radical (unpaired) electrons. The topological polar surface area (TPSA) is 37.0 Å². The van der Waals surface area contributed by atoms with Crippen molar-refractivity contribution in [1.82, 2.24) is 10.3 Å². The molecule has 1 aromatic heterocycles. The number of nitrogens with zero attached hydrogens (tertiary/aromatic N) is 1. The fourth-order valence-corrected chi connectivity index (χ4v) is 2.20. The summed E-state index contributed by atoms with van der Waals surface area (Å²) in [7, 11) is 0. The Hall–Kier alpha value is -1.65. The zero-order valence-electron chi connectivity index (χ0n) is 11.2. The summed E-state index contributed by atoms with van der Waals surface area (Å²) in [6.07, 6.45) is 2.59. The molecule has 0 amide bonds. The molecular weight excluding hydrogens is 290 g/mol.